The molecule has 2 aromatic rings. The molecule has 20 heavy (non-hydrogen) atoms. The predicted molar refractivity (Wildman–Crippen MR) is 81.0 cm³/mol. The van der Waals surface area contributed by atoms with E-state index in [1.54, 1.807) is 12.1 Å². The average molecular weight is 331 g/mol. The standard InChI is InChI=1S/C13H12Cl2N2O2S/c1-8-3-4-10(7-9(8)2)17-20(18,19)11-5-6-12(14)16-13(11)15/h3-7,17H,1-2H3. The number of hydrogen-bond donors (Lipinski definition) is 1. The van der Waals surface area contributed by atoms with Crippen LogP contribution in [0.3, 0.4) is 0 Å². The van der Waals surface area contributed by atoms with Gasteiger partial charge in [-0.2, -0.15) is 0 Å². The third-order valence-corrected chi connectivity index (χ3v) is 4.85. The number of rotatable bonds is 3. The molecule has 0 saturated heterocycles. The highest BCUT2D eigenvalue weighted by molar-refractivity contribution is 7.92. The summed E-state index contributed by atoms with van der Waals surface area (Å²) in [7, 11) is -3.79. The van der Waals surface area contributed by atoms with Crippen molar-refractivity contribution in [1.29, 1.82) is 0 Å². The molecule has 0 aliphatic rings. The molecule has 0 atom stereocenters. The Labute approximate surface area is 127 Å². The molecule has 0 amide bonds. The molecule has 0 aliphatic carbocycles. The van der Waals surface area contributed by atoms with Crippen LogP contribution in [-0.2, 0) is 10.0 Å². The molecule has 0 saturated carbocycles. The molecule has 0 spiro atoms. The number of benzene rings is 1. The van der Waals surface area contributed by atoms with Crippen molar-refractivity contribution in [1.82, 2.24) is 4.98 Å². The first-order valence-electron chi connectivity index (χ1n) is 5.72. The van der Waals surface area contributed by atoms with E-state index >= 15 is 0 Å². The number of aryl methyl sites for hydroxylation is 2. The lowest BCUT2D eigenvalue weighted by atomic mass is 10.1. The summed E-state index contributed by atoms with van der Waals surface area (Å²) in [6, 6.07) is 7.99. The van der Waals surface area contributed by atoms with Crippen LogP contribution >= 0.6 is 23.2 Å². The lowest BCUT2D eigenvalue weighted by Crippen LogP contribution is -2.14. The zero-order valence-electron chi connectivity index (χ0n) is 10.8. The Bertz CT molecular complexity index is 761. The molecular formula is C13H12Cl2N2O2S. The summed E-state index contributed by atoms with van der Waals surface area (Å²) in [6.45, 7) is 3.86. The second kappa shape index (κ2) is 5.60. The van der Waals surface area contributed by atoms with Crippen LogP contribution in [0.4, 0.5) is 5.69 Å². The smallest absolute Gasteiger partial charge is 0.264 e. The van der Waals surface area contributed by atoms with Crippen molar-refractivity contribution < 1.29 is 8.42 Å². The van der Waals surface area contributed by atoms with Gasteiger partial charge in [-0.25, -0.2) is 13.4 Å². The second-order valence-corrected chi connectivity index (χ2v) is 6.72. The van der Waals surface area contributed by atoms with Crippen molar-refractivity contribution in [2.45, 2.75) is 18.7 Å². The Balaban J connectivity index is 2.38. The van der Waals surface area contributed by atoms with Crippen molar-refractivity contribution in [2.75, 3.05) is 4.72 Å². The van der Waals surface area contributed by atoms with Gasteiger partial charge in [0.15, 0.2) is 5.15 Å². The number of sulfonamides is 1. The van der Waals surface area contributed by atoms with Crippen molar-refractivity contribution in [2.24, 2.45) is 0 Å². The molecule has 7 heteroatoms. The van der Waals surface area contributed by atoms with Gasteiger partial charge in [0, 0.05) is 5.69 Å². The fourth-order valence-electron chi connectivity index (χ4n) is 1.61. The SMILES string of the molecule is Cc1ccc(NS(=O)(=O)c2ccc(Cl)nc2Cl)cc1C. The number of pyridine rings is 1. The van der Waals surface area contributed by atoms with Gasteiger partial charge in [-0.15, -0.1) is 0 Å². The normalized spacial score (nSPS) is 11.4. The number of nitrogens with zero attached hydrogens (tertiary/aromatic N) is 1. The minimum atomic E-state index is -3.79. The number of anilines is 1. The van der Waals surface area contributed by atoms with E-state index in [1.165, 1.54) is 12.1 Å². The monoisotopic (exact) mass is 330 g/mol. The van der Waals surface area contributed by atoms with Gasteiger partial charge in [0.2, 0.25) is 0 Å². The van der Waals surface area contributed by atoms with Crippen LogP contribution in [0.1, 0.15) is 11.1 Å². The van der Waals surface area contributed by atoms with Gasteiger partial charge < -0.3 is 0 Å². The summed E-state index contributed by atoms with van der Waals surface area (Å²) in [5, 5.41) is -0.0195. The van der Waals surface area contributed by atoms with Gasteiger partial charge in [-0.1, -0.05) is 29.3 Å². The van der Waals surface area contributed by atoms with Crippen molar-refractivity contribution >= 4 is 38.9 Å². The zero-order valence-corrected chi connectivity index (χ0v) is 13.1. The van der Waals surface area contributed by atoms with Gasteiger partial charge in [0.05, 0.1) is 0 Å². The molecule has 4 nitrogen and oxygen atoms in total. The number of hydrogen-bond acceptors (Lipinski definition) is 3. The summed E-state index contributed by atoms with van der Waals surface area (Å²) >= 11 is 11.5. The van der Waals surface area contributed by atoms with Gasteiger partial charge in [-0.3, -0.25) is 4.72 Å². The van der Waals surface area contributed by atoms with Gasteiger partial charge >= 0.3 is 0 Å². The van der Waals surface area contributed by atoms with E-state index < -0.39 is 10.0 Å². The first-order valence-corrected chi connectivity index (χ1v) is 7.95. The highest BCUT2D eigenvalue weighted by Gasteiger charge is 2.19. The van der Waals surface area contributed by atoms with Crippen LogP contribution in [0.2, 0.25) is 10.3 Å². The topological polar surface area (TPSA) is 59.1 Å². The highest BCUT2D eigenvalue weighted by atomic mass is 35.5. The Hall–Kier alpha value is -1.30. The van der Waals surface area contributed by atoms with Gasteiger partial charge in [0.1, 0.15) is 10.0 Å². The number of nitrogens with one attached hydrogen (secondary N) is 1. The van der Waals surface area contributed by atoms with Crippen LogP contribution in [0, 0.1) is 13.8 Å². The lowest BCUT2D eigenvalue weighted by Gasteiger charge is -2.10. The molecule has 0 bridgehead atoms. The predicted octanol–water partition coefficient (Wildman–Crippen LogP) is 3.81. The van der Waals surface area contributed by atoms with E-state index in [0.717, 1.165) is 11.1 Å². The molecule has 1 aromatic heterocycles. The van der Waals surface area contributed by atoms with Crippen LogP contribution < -0.4 is 4.72 Å². The van der Waals surface area contributed by atoms with Gasteiger partial charge in [0.25, 0.3) is 10.0 Å². The molecule has 0 aliphatic heterocycles. The molecule has 0 unspecified atom stereocenters. The number of halogens is 2. The fourth-order valence-corrected chi connectivity index (χ4v) is 3.33. The minimum absolute atomic E-state index is 0.109. The maximum absolute atomic E-state index is 12.3. The Morgan fingerprint density at radius 2 is 1.75 bits per heavy atom. The maximum Gasteiger partial charge on any atom is 0.264 e. The molecule has 1 aromatic carbocycles. The molecule has 106 valence electrons. The van der Waals surface area contributed by atoms with Crippen molar-refractivity contribution in [3.8, 4) is 0 Å². The first-order chi connectivity index (χ1) is 9.29. The van der Waals surface area contributed by atoms with Crippen molar-refractivity contribution in [3.63, 3.8) is 0 Å². The summed E-state index contributed by atoms with van der Waals surface area (Å²) < 4.78 is 27.0. The summed E-state index contributed by atoms with van der Waals surface area (Å²) in [4.78, 5) is 3.62. The third kappa shape index (κ3) is 3.23. The molecule has 0 fully saturated rings. The van der Waals surface area contributed by atoms with Crippen LogP contribution in [0.15, 0.2) is 35.2 Å². The van der Waals surface area contributed by atoms with Crippen molar-refractivity contribution in [3.05, 3.63) is 51.8 Å². The molecule has 2 rings (SSSR count). The Morgan fingerprint density at radius 1 is 1.05 bits per heavy atom. The molecule has 1 N–H and O–H groups in total. The second-order valence-electron chi connectivity index (χ2n) is 4.33. The molecular weight excluding hydrogens is 319 g/mol. The molecule has 1 heterocycles. The quantitative estimate of drug-likeness (QED) is 0.870. The fraction of sp³-hybridized carbons (Fsp3) is 0.154. The van der Waals surface area contributed by atoms with Crippen LogP contribution in [0.5, 0.6) is 0 Å². The summed E-state index contributed by atoms with van der Waals surface area (Å²) in [5.74, 6) is 0. The van der Waals surface area contributed by atoms with Gasteiger partial charge in [-0.05, 0) is 49.2 Å². The first kappa shape index (κ1) is 15.1. The van der Waals surface area contributed by atoms with E-state index in [0.29, 0.717) is 5.69 Å². The Morgan fingerprint density at radius 3 is 2.35 bits per heavy atom. The third-order valence-electron chi connectivity index (χ3n) is 2.83. The van der Waals surface area contributed by atoms with E-state index in [4.69, 9.17) is 23.2 Å². The van der Waals surface area contributed by atoms with E-state index in [1.807, 2.05) is 19.9 Å². The molecule has 0 radical (unpaired) electrons. The largest absolute Gasteiger partial charge is 0.280 e. The lowest BCUT2D eigenvalue weighted by molar-refractivity contribution is 0.601. The maximum atomic E-state index is 12.3. The van der Waals surface area contributed by atoms with E-state index in [-0.39, 0.29) is 15.2 Å². The average Bonchev–Trinajstić information content (AvgIpc) is 2.33. The minimum Gasteiger partial charge on any atom is -0.280 e. The highest BCUT2D eigenvalue weighted by Crippen LogP contribution is 2.24. The summed E-state index contributed by atoms with van der Waals surface area (Å²) in [5.41, 5.74) is 2.55. The zero-order chi connectivity index (χ0) is 14.9. The van der Waals surface area contributed by atoms with E-state index in [9.17, 15) is 8.42 Å². The number of aromatic nitrogens is 1. The van der Waals surface area contributed by atoms with E-state index in [2.05, 4.69) is 9.71 Å². The van der Waals surface area contributed by atoms with Crippen LogP contribution in [0.25, 0.3) is 0 Å². The van der Waals surface area contributed by atoms with Crippen LogP contribution in [-0.4, -0.2) is 13.4 Å². The summed E-state index contributed by atoms with van der Waals surface area (Å²) in [6.07, 6.45) is 0. The Kier molecular flexibility index (Phi) is 4.22.